The second-order valence-electron chi connectivity index (χ2n) is 5.16. The Labute approximate surface area is 98.8 Å². The van der Waals surface area contributed by atoms with Crippen LogP contribution in [0.1, 0.15) is 46.5 Å². The number of amides is 1. The van der Waals surface area contributed by atoms with Gasteiger partial charge in [0.05, 0.1) is 12.6 Å². The van der Waals surface area contributed by atoms with Gasteiger partial charge in [-0.2, -0.15) is 0 Å². The zero-order chi connectivity index (χ0) is 12.1. The van der Waals surface area contributed by atoms with Crippen LogP contribution in [-0.2, 0) is 4.79 Å². The first-order chi connectivity index (χ1) is 7.60. The van der Waals surface area contributed by atoms with Crippen LogP contribution in [0.3, 0.4) is 0 Å². The van der Waals surface area contributed by atoms with Gasteiger partial charge in [-0.1, -0.05) is 27.2 Å². The summed E-state index contributed by atoms with van der Waals surface area (Å²) in [6.45, 7) is 7.31. The van der Waals surface area contributed by atoms with Crippen LogP contribution < -0.4 is 0 Å². The number of hydrogen-bond acceptors (Lipinski definition) is 2. The predicted octanol–water partition coefficient (Wildman–Crippen LogP) is 2.04. The summed E-state index contributed by atoms with van der Waals surface area (Å²) in [6.07, 6.45) is 4.08. The minimum atomic E-state index is 0.0758. The highest BCUT2D eigenvalue weighted by Gasteiger charge is 2.30. The Morgan fingerprint density at radius 3 is 2.75 bits per heavy atom. The van der Waals surface area contributed by atoms with Crippen molar-refractivity contribution in [2.45, 2.75) is 52.5 Å². The summed E-state index contributed by atoms with van der Waals surface area (Å²) in [5.41, 5.74) is 0. The topological polar surface area (TPSA) is 40.5 Å². The minimum Gasteiger partial charge on any atom is -0.394 e. The standard InChI is InChI=1S/C13H25NO2/c1-4-10(2)8-11(3)13(16)14-7-5-6-12(14)9-15/h10-12,15H,4-9H2,1-3H3/t10-,11-,12-/m0/s1. The fourth-order valence-corrected chi connectivity index (χ4v) is 2.47. The number of nitrogens with zero attached hydrogens (tertiary/aromatic N) is 1. The van der Waals surface area contributed by atoms with Crippen LogP contribution in [0, 0.1) is 11.8 Å². The first-order valence-electron chi connectivity index (χ1n) is 6.51. The van der Waals surface area contributed by atoms with Crippen LogP contribution in [0.15, 0.2) is 0 Å². The van der Waals surface area contributed by atoms with Crippen molar-refractivity contribution in [2.75, 3.05) is 13.2 Å². The third-order valence-electron chi connectivity index (χ3n) is 3.75. The van der Waals surface area contributed by atoms with Crippen molar-refractivity contribution in [3.8, 4) is 0 Å². The SMILES string of the molecule is CC[C@H](C)C[C@H](C)C(=O)N1CCC[C@H]1CO. The second kappa shape index (κ2) is 6.24. The van der Waals surface area contributed by atoms with Crippen molar-refractivity contribution in [1.29, 1.82) is 0 Å². The second-order valence-corrected chi connectivity index (χ2v) is 5.16. The van der Waals surface area contributed by atoms with Crippen molar-refractivity contribution >= 4 is 5.91 Å². The van der Waals surface area contributed by atoms with Crippen LogP contribution in [-0.4, -0.2) is 35.1 Å². The van der Waals surface area contributed by atoms with Gasteiger partial charge in [-0.25, -0.2) is 0 Å². The van der Waals surface area contributed by atoms with Crippen LogP contribution in [0.5, 0.6) is 0 Å². The molecule has 3 atom stereocenters. The molecule has 1 saturated heterocycles. The largest absolute Gasteiger partial charge is 0.394 e. The molecule has 0 bridgehead atoms. The zero-order valence-corrected chi connectivity index (χ0v) is 10.8. The van der Waals surface area contributed by atoms with Gasteiger partial charge in [0, 0.05) is 12.5 Å². The summed E-state index contributed by atoms with van der Waals surface area (Å²) in [5.74, 6) is 0.938. The van der Waals surface area contributed by atoms with Crippen molar-refractivity contribution in [3.63, 3.8) is 0 Å². The molecule has 1 fully saturated rings. The lowest BCUT2D eigenvalue weighted by Gasteiger charge is -2.27. The minimum absolute atomic E-state index is 0.0758. The zero-order valence-electron chi connectivity index (χ0n) is 10.8. The molecule has 0 spiro atoms. The summed E-state index contributed by atoms with van der Waals surface area (Å²) in [7, 11) is 0. The van der Waals surface area contributed by atoms with Gasteiger partial charge in [0.2, 0.25) is 5.91 Å². The summed E-state index contributed by atoms with van der Waals surface area (Å²) < 4.78 is 0. The number of hydrogen-bond donors (Lipinski definition) is 1. The molecule has 1 heterocycles. The van der Waals surface area contributed by atoms with Crippen molar-refractivity contribution in [1.82, 2.24) is 4.90 Å². The predicted molar refractivity (Wildman–Crippen MR) is 65.1 cm³/mol. The molecule has 1 aliphatic rings. The average Bonchev–Trinajstić information content (AvgIpc) is 2.75. The third-order valence-corrected chi connectivity index (χ3v) is 3.75. The van der Waals surface area contributed by atoms with E-state index in [0.717, 1.165) is 32.2 Å². The number of aliphatic hydroxyl groups is 1. The van der Waals surface area contributed by atoms with E-state index in [1.165, 1.54) is 0 Å². The number of carbonyl (C=O) groups is 1. The molecular formula is C13H25NO2. The molecule has 0 radical (unpaired) electrons. The van der Waals surface area contributed by atoms with E-state index in [-0.39, 0.29) is 24.5 Å². The molecule has 0 aliphatic carbocycles. The molecule has 0 aromatic rings. The molecule has 0 unspecified atom stereocenters. The molecule has 0 aromatic heterocycles. The third kappa shape index (κ3) is 3.21. The van der Waals surface area contributed by atoms with Gasteiger partial charge in [0.1, 0.15) is 0 Å². The van der Waals surface area contributed by atoms with Gasteiger partial charge in [0.15, 0.2) is 0 Å². The Hall–Kier alpha value is -0.570. The van der Waals surface area contributed by atoms with E-state index in [1.54, 1.807) is 0 Å². The van der Waals surface area contributed by atoms with Crippen molar-refractivity contribution in [3.05, 3.63) is 0 Å². The maximum absolute atomic E-state index is 12.2. The number of carbonyl (C=O) groups excluding carboxylic acids is 1. The number of likely N-dealkylation sites (tertiary alicyclic amines) is 1. The van der Waals surface area contributed by atoms with Crippen LogP contribution in [0.4, 0.5) is 0 Å². The van der Waals surface area contributed by atoms with Gasteiger partial charge < -0.3 is 10.0 Å². The monoisotopic (exact) mass is 227 g/mol. The fourth-order valence-electron chi connectivity index (χ4n) is 2.47. The molecule has 16 heavy (non-hydrogen) atoms. The molecule has 1 amide bonds. The maximum Gasteiger partial charge on any atom is 0.225 e. The highest BCUT2D eigenvalue weighted by atomic mass is 16.3. The summed E-state index contributed by atoms with van der Waals surface area (Å²) >= 11 is 0. The van der Waals surface area contributed by atoms with E-state index in [9.17, 15) is 9.90 Å². The molecule has 1 rings (SSSR count). The van der Waals surface area contributed by atoms with Gasteiger partial charge in [-0.05, 0) is 25.2 Å². The molecule has 0 aromatic carbocycles. The lowest BCUT2D eigenvalue weighted by Crippen LogP contribution is -2.41. The Bertz CT molecular complexity index is 230. The molecule has 3 heteroatoms. The summed E-state index contributed by atoms with van der Waals surface area (Å²) in [6, 6.07) is 0.0758. The average molecular weight is 227 g/mol. The van der Waals surface area contributed by atoms with E-state index in [2.05, 4.69) is 13.8 Å². The van der Waals surface area contributed by atoms with Crippen LogP contribution in [0.2, 0.25) is 0 Å². The first kappa shape index (κ1) is 13.5. The Morgan fingerprint density at radius 1 is 1.50 bits per heavy atom. The lowest BCUT2D eigenvalue weighted by molar-refractivity contribution is -0.137. The highest BCUT2D eigenvalue weighted by Crippen LogP contribution is 2.23. The molecular weight excluding hydrogens is 202 g/mol. The smallest absolute Gasteiger partial charge is 0.225 e. The number of aliphatic hydroxyl groups excluding tert-OH is 1. The maximum atomic E-state index is 12.2. The summed E-state index contributed by atoms with van der Waals surface area (Å²) in [4.78, 5) is 14.1. The quantitative estimate of drug-likeness (QED) is 0.781. The molecule has 3 nitrogen and oxygen atoms in total. The van der Waals surface area contributed by atoms with E-state index < -0.39 is 0 Å². The number of rotatable bonds is 5. The molecule has 94 valence electrons. The van der Waals surface area contributed by atoms with Gasteiger partial charge in [-0.3, -0.25) is 4.79 Å². The fraction of sp³-hybridized carbons (Fsp3) is 0.923. The molecule has 1 aliphatic heterocycles. The van der Waals surface area contributed by atoms with E-state index >= 15 is 0 Å². The van der Waals surface area contributed by atoms with Crippen molar-refractivity contribution < 1.29 is 9.90 Å². The lowest BCUT2D eigenvalue weighted by atomic mass is 9.94. The Morgan fingerprint density at radius 2 is 2.19 bits per heavy atom. The van der Waals surface area contributed by atoms with Gasteiger partial charge >= 0.3 is 0 Å². The van der Waals surface area contributed by atoms with Crippen LogP contribution in [0.25, 0.3) is 0 Å². The first-order valence-corrected chi connectivity index (χ1v) is 6.51. The summed E-state index contributed by atoms with van der Waals surface area (Å²) in [5, 5.41) is 9.20. The van der Waals surface area contributed by atoms with Gasteiger partial charge in [0.25, 0.3) is 0 Å². The highest BCUT2D eigenvalue weighted by molar-refractivity contribution is 5.79. The van der Waals surface area contributed by atoms with Crippen molar-refractivity contribution in [2.24, 2.45) is 11.8 Å². The molecule has 0 saturated carbocycles. The van der Waals surface area contributed by atoms with E-state index in [0.29, 0.717) is 5.92 Å². The van der Waals surface area contributed by atoms with Gasteiger partial charge in [-0.15, -0.1) is 0 Å². The van der Waals surface area contributed by atoms with Crippen LogP contribution >= 0.6 is 0 Å². The van der Waals surface area contributed by atoms with E-state index in [4.69, 9.17) is 0 Å². The Kier molecular flexibility index (Phi) is 5.26. The van der Waals surface area contributed by atoms with E-state index in [1.807, 2.05) is 11.8 Å². The Balaban J connectivity index is 2.49. The normalized spacial score (nSPS) is 24.5. The molecule has 1 N–H and O–H groups in total.